The van der Waals surface area contributed by atoms with E-state index in [-0.39, 0.29) is 12.7 Å². The molecular formula is C29H34FNO4. The summed E-state index contributed by atoms with van der Waals surface area (Å²) in [7, 11) is 1.64. The zero-order valence-electron chi connectivity index (χ0n) is 21.1. The minimum absolute atomic E-state index is 0.0623. The van der Waals surface area contributed by atoms with Crippen LogP contribution in [-0.2, 0) is 4.94 Å². The van der Waals surface area contributed by atoms with Gasteiger partial charge >= 0.3 is 0 Å². The summed E-state index contributed by atoms with van der Waals surface area (Å²) in [6.07, 6.45) is 1.47. The highest BCUT2D eigenvalue weighted by Crippen LogP contribution is 2.43. The smallest absolute Gasteiger partial charge is 0.169 e. The molecule has 0 saturated carbocycles. The summed E-state index contributed by atoms with van der Waals surface area (Å²) in [6, 6.07) is 21.4. The molecule has 0 N–H and O–H groups in total. The Bertz CT molecular complexity index is 1100. The van der Waals surface area contributed by atoms with Crippen molar-refractivity contribution in [3.63, 3.8) is 0 Å². The van der Waals surface area contributed by atoms with E-state index in [9.17, 15) is 4.53 Å². The fourth-order valence-corrected chi connectivity index (χ4v) is 3.41. The maximum Gasteiger partial charge on any atom is 0.169 e. The zero-order valence-corrected chi connectivity index (χ0v) is 21.1. The Morgan fingerprint density at radius 1 is 1.09 bits per heavy atom. The second kappa shape index (κ2) is 14.6. The van der Waals surface area contributed by atoms with Gasteiger partial charge in [-0.3, -0.25) is 0 Å². The van der Waals surface area contributed by atoms with Gasteiger partial charge in [-0.15, -0.1) is 0 Å². The number of para-hydroxylation sites is 1. The third-order valence-corrected chi connectivity index (χ3v) is 4.99. The van der Waals surface area contributed by atoms with Crippen LogP contribution in [0.2, 0.25) is 0 Å². The molecule has 4 rings (SSSR count). The van der Waals surface area contributed by atoms with E-state index in [1.54, 1.807) is 13.1 Å². The predicted octanol–water partition coefficient (Wildman–Crippen LogP) is 7.95. The molecule has 1 atom stereocenters. The summed E-state index contributed by atoms with van der Waals surface area (Å²) >= 11 is 0. The van der Waals surface area contributed by atoms with Crippen LogP contribution >= 0.6 is 0 Å². The molecule has 5 nitrogen and oxygen atoms in total. The normalized spacial score (nSPS) is 13.8. The zero-order chi connectivity index (χ0) is 25.6. The van der Waals surface area contributed by atoms with Gasteiger partial charge in [-0.2, -0.15) is 4.94 Å². The van der Waals surface area contributed by atoms with Crippen LogP contribution in [0.1, 0.15) is 43.6 Å². The SMILES string of the molecule is C/C(=C\COF)c1ccc(OC2COc3c(Oc4cccc(C)c4)cccc32)cc1.C=NC.CC. The van der Waals surface area contributed by atoms with E-state index < -0.39 is 0 Å². The Balaban J connectivity index is 0.000000803. The summed E-state index contributed by atoms with van der Waals surface area (Å²) < 4.78 is 30.0. The van der Waals surface area contributed by atoms with Crippen LogP contribution in [0.3, 0.4) is 0 Å². The van der Waals surface area contributed by atoms with Gasteiger partial charge in [0.1, 0.15) is 24.7 Å². The van der Waals surface area contributed by atoms with Gasteiger partial charge in [-0.1, -0.05) is 56.3 Å². The molecule has 0 radical (unpaired) electrons. The van der Waals surface area contributed by atoms with Gasteiger partial charge < -0.3 is 19.2 Å². The van der Waals surface area contributed by atoms with Crippen molar-refractivity contribution in [1.82, 2.24) is 0 Å². The Morgan fingerprint density at radius 3 is 2.43 bits per heavy atom. The predicted molar refractivity (Wildman–Crippen MR) is 141 cm³/mol. The van der Waals surface area contributed by atoms with Gasteiger partial charge in [0.15, 0.2) is 17.6 Å². The van der Waals surface area contributed by atoms with Crippen LogP contribution in [0.5, 0.6) is 23.0 Å². The summed E-state index contributed by atoms with van der Waals surface area (Å²) in [5.41, 5.74) is 4.01. The van der Waals surface area contributed by atoms with Crippen LogP contribution in [0.15, 0.2) is 77.8 Å². The largest absolute Gasteiger partial charge is 0.485 e. The van der Waals surface area contributed by atoms with Crippen LogP contribution in [-0.4, -0.2) is 27.0 Å². The minimum atomic E-state index is -0.219. The first-order valence-corrected chi connectivity index (χ1v) is 11.6. The van der Waals surface area contributed by atoms with E-state index in [0.717, 1.165) is 33.8 Å². The molecule has 1 aliphatic heterocycles. The van der Waals surface area contributed by atoms with Crippen molar-refractivity contribution in [3.05, 3.63) is 89.5 Å². The van der Waals surface area contributed by atoms with E-state index in [0.29, 0.717) is 18.1 Å². The highest BCUT2D eigenvalue weighted by molar-refractivity contribution is 5.64. The summed E-state index contributed by atoms with van der Waals surface area (Å²) in [5, 5.41) is 0. The third kappa shape index (κ3) is 7.97. The highest BCUT2D eigenvalue weighted by Gasteiger charge is 2.29. The molecular weight excluding hydrogens is 445 g/mol. The molecule has 0 amide bonds. The molecule has 1 heterocycles. The lowest BCUT2D eigenvalue weighted by Crippen LogP contribution is -2.08. The number of halogens is 1. The fourth-order valence-electron chi connectivity index (χ4n) is 3.41. The van der Waals surface area contributed by atoms with Crippen LogP contribution in [0.4, 0.5) is 4.53 Å². The van der Waals surface area contributed by atoms with Gasteiger partial charge in [0.05, 0.1) is 0 Å². The lowest BCUT2D eigenvalue weighted by molar-refractivity contribution is -0.117. The number of rotatable bonds is 7. The lowest BCUT2D eigenvalue weighted by atomic mass is 10.1. The molecule has 0 saturated heterocycles. The Hall–Kier alpha value is -3.64. The molecule has 0 aromatic heterocycles. The Kier molecular flexibility index (Phi) is 11.5. The molecule has 3 aromatic rings. The fraction of sp³-hybridized carbons (Fsp3) is 0.276. The molecule has 3 aromatic carbocycles. The minimum Gasteiger partial charge on any atom is -0.485 e. The second-order valence-corrected chi connectivity index (χ2v) is 7.51. The topological polar surface area (TPSA) is 49.3 Å². The van der Waals surface area contributed by atoms with E-state index in [2.05, 4.69) is 16.7 Å². The summed E-state index contributed by atoms with van der Waals surface area (Å²) in [5.74, 6) is 2.90. The van der Waals surface area contributed by atoms with Crippen molar-refractivity contribution in [2.45, 2.75) is 33.8 Å². The molecule has 0 aliphatic carbocycles. The van der Waals surface area contributed by atoms with Gasteiger partial charge in [0.2, 0.25) is 0 Å². The number of aryl methyl sites for hydroxylation is 1. The molecule has 0 fully saturated rings. The van der Waals surface area contributed by atoms with E-state index in [1.807, 2.05) is 94.4 Å². The van der Waals surface area contributed by atoms with Crippen molar-refractivity contribution in [2.24, 2.45) is 4.99 Å². The maximum absolute atomic E-state index is 11.9. The van der Waals surface area contributed by atoms with Gasteiger partial charge in [0, 0.05) is 12.6 Å². The number of nitrogens with zero attached hydrogens (tertiary/aromatic N) is 1. The maximum atomic E-state index is 11.9. The monoisotopic (exact) mass is 479 g/mol. The van der Waals surface area contributed by atoms with Gasteiger partial charge in [0.25, 0.3) is 0 Å². The summed E-state index contributed by atoms with van der Waals surface area (Å²) in [4.78, 5) is 6.86. The summed E-state index contributed by atoms with van der Waals surface area (Å²) in [6.45, 7) is 11.4. The highest BCUT2D eigenvalue weighted by atomic mass is 19.3. The van der Waals surface area contributed by atoms with Gasteiger partial charge in [-0.25, -0.2) is 0 Å². The molecule has 0 bridgehead atoms. The average molecular weight is 480 g/mol. The third-order valence-electron chi connectivity index (χ3n) is 4.99. The van der Waals surface area contributed by atoms with Crippen LogP contribution in [0, 0.1) is 6.92 Å². The number of hydrogen-bond acceptors (Lipinski definition) is 5. The number of ether oxygens (including phenoxy) is 3. The number of benzene rings is 3. The van der Waals surface area contributed by atoms with Crippen molar-refractivity contribution < 1.29 is 23.7 Å². The van der Waals surface area contributed by atoms with Crippen molar-refractivity contribution >= 4 is 12.3 Å². The number of fused-ring (bicyclic) bond motifs is 1. The van der Waals surface area contributed by atoms with Crippen LogP contribution < -0.4 is 14.2 Å². The molecule has 1 unspecified atom stereocenters. The van der Waals surface area contributed by atoms with Crippen molar-refractivity contribution in [3.8, 4) is 23.0 Å². The number of aliphatic imine (C=N–C) groups is 1. The average Bonchev–Trinajstić information content (AvgIpc) is 3.28. The number of hydrogen-bond donors (Lipinski definition) is 0. The first kappa shape index (κ1) is 27.6. The van der Waals surface area contributed by atoms with Crippen molar-refractivity contribution in [1.29, 1.82) is 0 Å². The lowest BCUT2D eigenvalue weighted by Gasteiger charge is -2.14. The second-order valence-electron chi connectivity index (χ2n) is 7.51. The van der Waals surface area contributed by atoms with E-state index >= 15 is 0 Å². The van der Waals surface area contributed by atoms with E-state index in [1.165, 1.54) is 0 Å². The molecule has 35 heavy (non-hydrogen) atoms. The molecule has 6 heteroatoms. The Morgan fingerprint density at radius 2 is 1.77 bits per heavy atom. The quantitative estimate of drug-likeness (QED) is 0.323. The van der Waals surface area contributed by atoms with E-state index in [4.69, 9.17) is 14.2 Å². The molecule has 186 valence electrons. The molecule has 1 aliphatic rings. The first-order chi connectivity index (χ1) is 17.0. The van der Waals surface area contributed by atoms with Gasteiger partial charge in [-0.05, 0) is 72.1 Å². The first-order valence-electron chi connectivity index (χ1n) is 11.6. The molecule has 0 spiro atoms. The van der Waals surface area contributed by atoms with Crippen LogP contribution in [0.25, 0.3) is 5.57 Å². The van der Waals surface area contributed by atoms with Crippen molar-refractivity contribution in [2.75, 3.05) is 20.3 Å². The Labute approximate surface area is 207 Å². The number of allylic oxidation sites excluding steroid dienone is 1. The standard InChI is InChI=1S/C25H23FO4.C2H5N.C2H6/c1-17-5-3-6-21(15-17)30-23-8-4-7-22-24(16-27-25(22)23)29-20-11-9-19(10-12-20)18(2)13-14-28-26;1-3-2;1-2/h3-13,15,24H,14,16H2,1-2H3;1H2,2H3;1-2H3/b18-13+;;.